The first-order valence-corrected chi connectivity index (χ1v) is 8.06. The highest BCUT2D eigenvalue weighted by Crippen LogP contribution is 2.20. The fraction of sp³-hybridized carbons (Fsp3) is 0.105. The zero-order chi connectivity index (χ0) is 17.8. The third kappa shape index (κ3) is 3.08. The van der Waals surface area contributed by atoms with Crippen molar-refractivity contribution in [2.75, 3.05) is 6.61 Å². The molecule has 0 saturated heterocycles. The Morgan fingerprint density at radius 3 is 2.77 bits per heavy atom. The summed E-state index contributed by atoms with van der Waals surface area (Å²) in [5.74, 6) is 0.454. The Morgan fingerprint density at radius 2 is 1.92 bits per heavy atom. The lowest BCUT2D eigenvalue weighted by molar-refractivity contribution is 0.296. The van der Waals surface area contributed by atoms with Crippen LogP contribution in [0.3, 0.4) is 0 Å². The second kappa shape index (κ2) is 6.99. The van der Waals surface area contributed by atoms with Gasteiger partial charge < -0.3 is 4.74 Å². The SMILES string of the molecule is N#Cc1cnc(OCCc2ccncc2)nc1-n1cnc2ccccc21. The van der Waals surface area contributed by atoms with Gasteiger partial charge in [0.1, 0.15) is 18.0 Å². The lowest BCUT2D eigenvalue weighted by Gasteiger charge is -2.09. The molecule has 0 spiro atoms. The number of imidazole rings is 1. The summed E-state index contributed by atoms with van der Waals surface area (Å²) in [6, 6.07) is 13.9. The molecule has 0 atom stereocenters. The number of para-hydroxylation sites is 2. The Hall–Kier alpha value is -3.79. The van der Waals surface area contributed by atoms with E-state index < -0.39 is 0 Å². The molecule has 7 nitrogen and oxygen atoms in total. The van der Waals surface area contributed by atoms with Gasteiger partial charge in [0.15, 0.2) is 5.82 Å². The second-order valence-corrected chi connectivity index (χ2v) is 5.56. The number of pyridine rings is 1. The first kappa shape index (κ1) is 15.7. The summed E-state index contributed by atoms with van der Waals surface area (Å²) in [7, 11) is 0. The van der Waals surface area contributed by atoms with Crippen LogP contribution >= 0.6 is 0 Å². The Labute approximate surface area is 149 Å². The van der Waals surface area contributed by atoms with Gasteiger partial charge in [0.05, 0.1) is 23.8 Å². The fourth-order valence-corrected chi connectivity index (χ4v) is 2.63. The summed E-state index contributed by atoms with van der Waals surface area (Å²) in [4.78, 5) is 16.9. The zero-order valence-corrected chi connectivity index (χ0v) is 13.8. The molecule has 3 heterocycles. The Balaban J connectivity index is 1.61. The van der Waals surface area contributed by atoms with Crippen LogP contribution in [0.4, 0.5) is 0 Å². The van der Waals surface area contributed by atoms with Crippen LogP contribution < -0.4 is 4.74 Å². The van der Waals surface area contributed by atoms with Crippen molar-refractivity contribution in [3.8, 4) is 17.9 Å². The van der Waals surface area contributed by atoms with Crippen molar-refractivity contribution >= 4 is 11.0 Å². The van der Waals surface area contributed by atoms with E-state index >= 15 is 0 Å². The number of aromatic nitrogens is 5. The van der Waals surface area contributed by atoms with Crippen molar-refractivity contribution in [3.63, 3.8) is 0 Å². The average Bonchev–Trinajstić information content (AvgIpc) is 3.13. The van der Waals surface area contributed by atoms with Crippen molar-refractivity contribution in [2.24, 2.45) is 0 Å². The molecule has 4 rings (SSSR count). The minimum absolute atomic E-state index is 0.228. The minimum atomic E-state index is 0.228. The van der Waals surface area contributed by atoms with Crippen LogP contribution in [0.5, 0.6) is 6.01 Å². The van der Waals surface area contributed by atoms with E-state index in [-0.39, 0.29) is 6.01 Å². The van der Waals surface area contributed by atoms with Gasteiger partial charge in [-0.3, -0.25) is 9.55 Å². The monoisotopic (exact) mass is 342 g/mol. The van der Waals surface area contributed by atoms with Crippen LogP contribution in [-0.4, -0.2) is 31.1 Å². The van der Waals surface area contributed by atoms with Gasteiger partial charge in [-0.15, -0.1) is 0 Å². The molecule has 0 aliphatic rings. The third-order valence-electron chi connectivity index (χ3n) is 3.92. The average molecular weight is 342 g/mol. The standard InChI is InChI=1S/C19H14N6O/c20-11-15-12-22-19(26-10-7-14-5-8-21-9-6-14)24-18(15)25-13-23-16-3-1-2-4-17(16)25/h1-6,8-9,12-13H,7,10H2. The summed E-state index contributed by atoms with van der Waals surface area (Å²) in [6.45, 7) is 0.431. The number of benzene rings is 1. The number of fused-ring (bicyclic) bond motifs is 1. The lowest BCUT2D eigenvalue weighted by atomic mass is 10.2. The van der Waals surface area contributed by atoms with Crippen molar-refractivity contribution in [1.82, 2.24) is 24.5 Å². The van der Waals surface area contributed by atoms with E-state index in [4.69, 9.17) is 4.74 Å². The maximum Gasteiger partial charge on any atom is 0.318 e. The molecule has 0 saturated carbocycles. The van der Waals surface area contributed by atoms with E-state index in [2.05, 4.69) is 26.0 Å². The summed E-state index contributed by atoms with van der Waals surface area (Å²) in [6.07, 6.45) is 7.33. The number of hydrogen-bond acceptors (Lipinski definition) is 6. The van der Waals surface area contributed by atoms with Gasteiger partial charge in [-0.1, -0.05) is 12.1 Å². The molecule has 1 aromatic carbocycles. The molecular weight excluding hydrogens is 328 g/mol. The van der Waals surface area contributed by atoms with Crippen LogP contribution in [0.25, 0.3) is 16.9 Å². The highest BCUT2D eigenvalue weighted by Gasteiger charge is 2.13. The first-order chi connectivity index (χ1) is 12.8. The highest BCUT2D eigenvalue weighted by atomic mass is 16.5. The van der Waals surface area contributed by atoms with Crippen LogP contribution in [0.2, 0.25) is 0 Å². The highest BCUT2D eigenvalue weighted by molar-refractivity contribution is 5.77. The molecule has 0 bridgehead atoms. The van der Waals surface area contributed by atoms with E-state index in [9.17, 15) is 5.26 Å². The van der Waals surface area contributed by atoms with Crippen molar-refractivity contribution in [2.45, 2.75) is 6.42 Å². The van der Waals surface area contributed by atoms with Gasteiger partial charge in [0.2, 0.25) is 0 Å². The molecule has 4 aromatic rings. The molecule has 0 fully saturated rings. The van der Waals surface area contributed by atoms with E-state index in [0.29, 0.717) is 18.0 Å². The van der Waals surface area contributed by atoms with Gasteiger partial charge in [0.25, 0.3) is 0 Å². The molecule has 26 heavy (non-hydrogen) atoms. The number of nitriles is 1. The zero-order valence-electron chi connectivity index (χ0n) is 13.8. The van der Waals surface area contributed by atoms with E-state index in [0.717, 1.165) is 23.0 Å². The maximum atomic E-state index is 9.39. The number of hydrogen-bond donors (Lipinski definition) is 0. The Kier molecular flexibility index (Phi) is 4.23. The number of nitrogens with zero attached hydrogens (tertiary/aromatic N) is 6. The quantitative estimate of drug-likeness (QED) is 0.554. The second-order valence-electron chi connectivity index (χ2n) is 5.56. The molecule has 7 heteroatoms. The molecule has 126 valence electrons. The molecule has 0 aliphatic carbocycles. The van der Waals surface area contributed by atoms with Crippen molar-refractivity contribution in [3.05, 3.63) is 72.4 Å². The lowest BCUT2D eigenvalue weighted by Crippen LogP contribution is -2.08. The molecule has 0 amide bonds. The van der Waals surface area contributed by atoms with E-state index in [1.165, 1.54) is 6.20 Å². The van der Waals surface area contributed by atoms with Crippen LogP contribution in [0.1, 0.15) is 11.1 Å². The predicted molar refractivity (Wildman–Crippen MR) is 94.8 cm³/mol. The topological polar surface area (TPSA) is 89.5 Å². The fourth-order valence-electron chi connectivity index (χ4n) is 2.63. The van der Waals surface area contributed by atoms with Crippen LogP contribution in [0, 0.1) is 11.3 Å². The van der Waals surface area contributed by atoms with E-state index in [1.807, 2.05) is 36.4 Å². The van der Waals surface area contributed by atoms with Gasteiger partial charge in [-0.25, -0.2) is 9.97 Å². The summed E-state index contributed by atoms with van der Waals surface area (Å²) < 4.78 is 7.44. The van der Waals surface area contributed by atoms with Crippen molar-refractivity contribution < 1.29 is 4.74 Å². The molecule has 0 aliphatic heterocycles. The molecule has 0 radical (unpaired) electrons. The maximum absolute atomic E-state index is 9.39. The summed E-state index contributed by atoms with van der Waals surface area (Å²) in [5.41, 5.74) is 3.17. The van der Waals surface area contributed by atoms with Gasteiger partial charge >= 0.3 is 6.01 Å². The van der Waals surface area contributed by atoms with Gasteiger partial charge in [-0.2, -0.15) is 10.2 Å². The first-order valence-electron chi connectivity index (χ1n) is 8.06. The largest absolute Gasteiger partial charge is 0.463 e. The number of ether oxygens (including phenoxy) is 1. The van der Waals surface area contributed by atoms with E-state index in [1.54, 1.807) is 23.3 Å². The molecule has 3 aromatic heterocycles. The number of rotatable bonds is 5. The molecule has 0 unspecified atom stereocenters. The predicted octanol–water partition coefficient (Wildman–Crippen LogP) is 2.70. The summed E-state index contributed by atoms with van der Waals surface area (Å²) in [5, 5.41) is 9.39. The molecule has 0 N–H and O–H groups in total. The minimum Gasteiger partial charge on any atom is -0.463 e. The normalized spacial score (nSPS) is 10.6. The van der Waals surface area contributed by atoms with Crippen molar-refractivity contribution in [1.29, 1.82) is 5.26 Å². The van der Waals surface area contributed by atoms with Crippen LogP contribution in [-0.2, 0) is 6.42 Å². The smallest absolute Gasteiger partial charge is 0.318 e. The van der Waals surface area contributed by atoms with Crippen LogP contribution in [0.15, 0.2) is 61.3 Å². The van der Waals surface area contributed by atoms with Gasteiger partial charge in [0, 0.05) is 18.8 Å². The Morgan fingerprint density at radius 1 is 1.08 bits per heavy atom. The third-order valence-corrected chi connectivity index (χ3v) is 3.92. The Bertz CT molecular complexity index is 1080. The summed E-state index contributed by atoms with van der Waals surface area (Å²) >= 11 is 0. The molecular formula is C19H14N6O. The van der Waals surface area contributed by atoms with Gasteiger partial charge in [-0.05, 0) is 29.8 Å².